The highest BCUT2D eigenvalue weighted by Gasteiger charge is 2.32. The van der Waals surface area contributed by atoms with Gasteiger partial charge in [-0.05, 0) is 50.3 Å². The average molecular weight is 314 g/mol. The van der Waals surface area contributed by atoms with Crippen molar-refractivity contribution < 1.29 is 12.8 Å². The molecule has 0 spiro atoms. The molecule has 0 unspecified atom stereocenters. The normalized spacial score (nSPS) is 22.9. The minimum Gasteiger partial charge on any atom is -0.312 e. The number of nitrogens with one attached hydrogen (secondary N) is 2. The van der Waals surface area contributed by atoms with Gasteiger partial charge in [-0.3, -0.25) is 0 Å². The molecule has 0 amide bonds. The van der Waals surface area contributed by atoms with Crippen LogP contribution in [0.5, 0.6) is 0 Å². The summed E-state index contributed by atoms with van der Waals surface area (Å²) in [7, 11) is -3.20. The molecular weight excluding hydrogens is 291 g/mol. The van der Waals surface area contributed by atoms with Crippen molar-refractivity contribution in [1.29, 1.82) is 0 Å². The summed E-state index contributed by atoms with van der Waals surface area (Å²) >= 11 is 0. The molecule has 4 nitrogen and oxygen atoms in total. The van der Waals surface area contributed by atoms with Crippen molar-refractivity contribution in [3.8, 4) is 0 Å². The van der Waals surface area contributed by atoms with Gasteiger partial charge in [0.05, 0.1) is 6.26 Å². The maximum atomic E-state index is 12.9. The maximum Gasteiger partial charge on any atom is 0.209 e. The Morgan fingerprint density at radius 1 is 1.24 bits per heavy atom. The summed E-state index contributed by atoms with van der Waals surface area (Å²) in [6, 6.07) is 7.06. The summed E-state index contributed by atoms with van der Waals surface area (Å²) < 4.78 is 38.0. The van der Waals surface area contributed by atoms with Gasteiger partial charge < -0.3 is 5.32 Å². The lowest BCUT2D eigenvalue weighted by atomic mass is 9.75. The minimum atomic E-state index is -3.20. The van der Waals surface area contributed by atoms with Crippen LogP contribution in [-0.4, -0.2) is 32.8 Å². The third-order valence-corrected chi connectivity index (χ3v) is 4.70. The fourth-order valence-electron chi connectivity index (χ4n) is 2.73. The van der Waals surface area contributed by atoms with Crippen molar-refractivity contribution in [2.45, 2.75) is 44.2 Å². The molecular formula is C15H23FN2O2S. The number of rotatable bonds is 6. The summed E-state index contributed by atoms with van der Waals surface area (Å²) in [5.41, 5.74) is 0.664. The van der Waals surface area contributed by atoms with Crippen LogP contribution in [0, 0.1) is 5.82 Å². The summed E-state index contributed by atoms with van der Waals surface area (Å²) in [5.74, 6) is 0.260. The summed E-state index contributed by atoms with van der Waals surface area (Å²) in [5, 5.41) is 3.39. The van der Waals surface area contributed by atoms with Gasteiger partial charge in [-0.1, -0.05) is 12.1 Å². The van der Waals surface area contributed by atoms with Gasteiger partial charge >= 0.3 is 0 Å². The van der Waals surface area contributed by atoms with Crippen LogP contribution < -0.4 is 10.0 Å². The zero-order valence-electron chi connectivity index (χ0n) is 12.7. The summed E-state index contributed by atoms with van der Waals surface area (Å²) in [4.78, 5) is 0. The van der Waals surface area contributed by atoms with Crippen LogP contribution in [0.2, 0.25) is 0 Å². The molecule has 1 aromatic carbocycles. The Balaban J connectivity index is 1.77. The Bertz CT molecular complexity index is 578. The Morgan fingerprint density at radius 3 is 2.33 bits per heavy atom. The van der Waals surface area contributed by atoms with Crippen LogP contribution in [0.25, 0.3) is 0 Å². The molecule has 1 saturated carbocycles. The lowest BCUT2D eigenvalue weighted by molar-refractivity contribution is 0.268. The van der Waals surface area contributed by atoms with E-state index in [2.05, 4.69) is 10.0 Å². The lowest BCUT2D eigenvalue weighted by Crippen LogP contribution is -2.53. The predicted octanol–water partition coefficient (Wildman–Crippen LogP) is 1.99. The Labute approximate surface area is 126 Å². The molecule has 0 atom stereocenters. The highest BCUT2D eigenvalue weighted by Crippen LogP contribution is 2.36. The third-order valence-electron chi connectivity index (χ3n) is 3.77. The number of sulfonamides is 1. The second-order valence-electron chi connectivity index (χ2n) is 6.56. The molecule has 1 fully saturated rings. The van der Waals surface area contributed by atoms with Gasteiger partial charge in [0.1, 0.15) is 5.82 Å². The lowest BCUT2D eigenvalue weighted by Gasteiger charge is -2.38. The van der Waals surface area contributed by atoms with Crippen molar-refractivity contribution in [3.05, 3.63) is 35.6 Å². The fraction of sp³-hybridized carbons (Fsp3) is 0.600. The second-order valence-corrected chi connectivity index (χ2v) is 8.30. The van der Waals surface area contributed by atoms with E-state index in [1.807, 2.05) is 26.0 Å². The Morgan fingerprint density at radius 2 is 1.81 bits per heavy atom. The van der Waals surface area contributed by atoms with Gasteiger partial charge in [0, 0.05) is 18.1 Å². The van der Waals surface area contributed by atoms with E-state index < -0.39 is 15.6 Å². The van der Waals surface area contributed by atoms with Gasteiger partial charge in [-0.2, -0.15) is 0 Å². The van der Waals surface area contributed by atoms with Crippen LogP contribution in [0.3, 0.4) is 0 Å². The summed E-state index contributed by atoms with van der Waals surface area (Å²) in [6.45, 7) is 4.30. The average Bonchev–Trinajstić information content (AvgIpc) is 2.26. The molecule has 0 heterocycles. The standard InChI is InChI=1S/C15H23FN2O2S/c1-15(2,18-21(3,19)20)10-17-14-8-12(9-14)11-4-6-13(16)7-5-11/h4-7,12,14,17-18H,8-10H2,1-3H3. The van der Waals surface area contributed by atoms with Crippen LogP contribution >= 0.6 is 0 Å². The molecule has 1 aliphatic rings. The zero-order chi connectivity index (χ0) is 15.7. The third kappa shape index (κ3) is 5.05. The van der Waals surface area contributed by atoms with Gasteiger partial charge in [-0.15, -0.1) is 0 Å². The van der Waals surface area contributed by atoms with E-state index in [0.29, 0.717) is 18.5 Å². The SMILES string of the molecule is CC(C)(CNC1CC(c2ccc(F)cc2)C1)NS(C)(=O)=O. The molecule has 0 saturated heterocycles. The maximum absolute atomic E-state index is 12.9. The number of hydrogen-bond acceptors (Lipinski definition) is 3. The van der Waals surface area contributed by atoms with Gasteiger partial charge in [0.15, 0.2) is 0 Å². The van der Waals surface area contributed by atoms with E-state index in [0.717, 1.165) is 12.8 Å². The fourth-order valence-corrected chi connectivity index (χ4v) is 3.81. The first-order valence-corrected chi connectivity index (χ1v) is 9.01. The molecule has 118 valence electrons. The highest BCUT2D eigenvalue weighted by molar-refractivity contribution is 7.88. The van der Waals surface area contributed by atoms with E-state index in [1.54, 1.807) is 0 Å². The molecule has 0 radical (unpaired) electrons. The number of halogens is 1. The van der Waals surface area contributed by atoms with Crippen LogP contribution in [0.1, 0.15) is 38.2 Å². The molecule has 21 heavy (non-hydrogen) atoms. The Kier molecular flexibility index (Phi) is 4.70. The van der Waals surface area contributed by atoms with Crippen LogP contribution in [0.15, 0.2) is 24.3 Å². The molecule has 2 N–H and O–H groups in total. The van der Waals surface area contributed by atoms with E-state index in [-0.39, 0.29) is 5.82 Å². The molecule has 6 heteroatoms. The predicted molar refractivity (Wildman–Crippen MR) is 82.2 cm³/mol. The highest BCUT2D eigenvalue weighted by atomic mass is 32.2. The van der Waals surface area contributed by atoms with Gasteiger partial charge in [0.25, 0.3) is 0 Å². The number of hydrogen-bond donors (Lipinski definition) is 2. The van der Waals surface area contributed by atoms with Crippen molar-refractivity contribution >= 4 is 10.0 Å². The van der Waals surface area contributed by atoms with Gasteiger partial charge in [-0.25, -0.2) is 17.5 Å². The Hall–Kier alpha value is -0.980. The smallest absolute Gasteiger partial charge is 0.209 e. The molecule has 0 bridgehead atoms. The van der Waals surface area contributed by atoms with Crippen LogP contribution in [0.4, 0.5) is 4.39 Å². The van der Waals surface area contributed by atoms with Crippen molar-refractivity contribution in [3.63, 3.8) is 0 Å². The van der Waals surface area contributed by atoms with E-state index >= 15 is 0 Å². The second kappa shape index (κ2) is 6.02. The topological polar surface area (TPSA) is 58.2 Å². The summed E-state index contributed by atoms with van der Waals surface area (Å²) in [6.07, 6.45) is 3.17. The van der Waals surface area contributed by atoms with Crippen molar-refractivity contribution in [1.82, 2.24) is 10.0 Å². The molecule has 0 aliphatic heterocycles. The first kappa shape index (κ1) is 16.4. The van der Waals surface area contributed by atoms with Crippen molar-refractivity contribution in [2.75, 3.05) is 12.8 Å². The van der Waals surface area contributed by atoms with Crippen molar-refractivity contribution in [2.24, 2.45) is 0 Å². The molecule has 0 aromatic heterocycles. The van der Waals surface area contributed by atoms with E-state index in [9.17, 15) is 12.8 Å². The molecule has 2 rings (SSSR count). The first-order valence-electron chi connectivity index (χ1n) is 7.12. The van der Waals surface area contributed by atoms with E-state index in [1.165, 1.54) is 24.0 Å². The zero-order valence-corrected chi connectivity index (χ0v) is 13.5. The molecule has 1 aliphatic carbocycles. The number of benzene rings is 1. The minimum absolute atomic E-state index is 0.207. The molecule has 1 aromatic rings. The largest absolute Gasteiger partial charge is 0.312 e. The van der Waals surface area contributed by atoms with E-state index in [4.69, 9.17) is 0 Å². The first-order chi connectivity index (χ1) is 9.65. The monoisotopic (exact) mass is 314 g/mol. The quantitative estimate of drug-likeness (QED) is 0.844. The van der Waals surface area contributed by atoms with Crippen LogP contribution in [-0.2, 0) is 10.0 Å². The van der Waals surface area contributed by atoms with Gasteiger partial charge in [0.2, 0.25) is 10.0 Å².